The van der Waals surface area contributed by atoms with Gasteiger partial charge in [-0.15, -0.1) is 0 Å². The van der Waals surface area contributed by atoms with E-state index in [0.717, 1.165) is 10.6 Å². The molecule has 6 heteroatoms. The Bertz CT molecular complexity index is 983. The van der Waals surface area contributed by atoms with Gasteiger partial charge in [0.2, 0.25) is 0 Å². The molecule has 3 aromatic carbocycles. The molecule has 0 N–H and O–H groups in total. The van der Waals surface area contributed by atoms with Gasteiger partial charge in [-0.3, -0.25) is 0 Å². The molecule has 0 aliphatic rings. The Hall–Kier alpha value is -1.33. The second kappa shape index (κ2) is 7.67. The molecule has 0 fully saturated rings. The number of rotatable bonds is 7. The Balaban J connectivity index is 2.13. The molecule has 0 bridgehead atoms. The van der Waals surface area contributed by atoms with Gasteiger partial charge >= 0.3 is 181 Å². The molecule has 3 aromatic rings. The normalized spacial score (nSPS) is 17.1. The van der Waals surface area contributed by atoms with Crippen LogP contribution in [-0.4, -0.2) is 40.0 Å². The van der Waals surface area contributed by atoms with Crippen molar-refractivity contribution in [2.75, 3.05) is 40.0 Å². The summed E-state index contributed by atoms with van der Waals surface area (Å²) in [5.41, 5.74) is 0. The van der Waals surface area contributed by atoms with Crippen LogP contribution >= 0.6 is 21.3 Å². The van der Waals surface area contributed by atoms with Crippen molar-refractivity contribution >= 4 is 37.2 Å². The fraction of sp³-hybridized carbons (Fsp3) is 0.250. The second-order valence-electron chi connectivity index (χ2n) is 9.97. The van der Waals surface area contributed by atoms with Crippen LogP contribution in [0.4, 0.5) is 0 Å². The molecule has 0 saturated carbocycles. The number of hydrogen-bond acceptors (Lipinski definition) is 3. The molecular weight excluding hydrogens is 429 g/mol. The molecule has 3 rings (SSSR count). The van der Waals surface area contributed by atoms with Crippen molar-refractivity contribution in [2.24, 2.45) is 0 Å². The van der Waals surface area contributed by atoms with Gasteiger partial charge < -0.3 is 0 Å². The van der Waals surface area contributed by atoms with Gasteiger partial charge in [0, 0.05) is 0 Å². The van der Waals surface area contributed by atoms with Crippen LogP contribution in [0.1, 0.15) is 0 Å². The molecule has 0 atom stereocenters. The van der Waals surface area contributed by atoms with Gasteiger partial charge in [0.25, 0.3) is 0 Å². The summed E-state index contributed by atoms with van der Waals surface area (Å²) in [5, 5.41) is 2.72. The third-order valence-electron chi connectivity index (χ3n) is 5.13. The molecule has 0 unspecified atom stereocenters. The van der Waals surface area contributed by atoms with Crippen molar-refractivity contribution in [2.45, 2.75) is 0 Å². The monoisotopic (exact) mass is 462 g/mol. The second-order valence-corrected chi connectivity index (χ2v) is 24.4. The molecule has 30 heavy (non-hydrogen) atoms. The summed E-state index contributed by atoms with van der Waals surface area (Å²) in [5.74, 6) is 0. The van der Waals surface area contributed by atoms with E-state index in [9.17, 15) is 4.57 Å². The number of benzene rings is 3. The Morgan fingerprint density at radius 1 is 0.533 bits per heavy atom. The summed E-state index contributed by atoms with van der Waals surface area (Å²) >= 11 is 0. The molecule has 0 aliphatic heterocycles. The Morgan fingerprint density at radius 2 is 0.833 bits per heavy atom. The van der Waals surface area contributed by atoms with E-state index in [4.69, 9.17) is 8.62 Å². The topological polar surface area (TPSA) is 35.5 Å². The van der Waals surface area contributed by atoms with E-state index >= 15 is 0 Å². The average Bonchev–Trinajstić information content (AvgIpc) is 2.68. The Labute approximate surface area is 181 Å². The van der Waals surface area contributed by atoms with Gasteiger partial charge in [0.1, 0.15) is 0 Å². The molecule has 0 radical (unpaired) electrons. The molecule has 162 valence electrons. The zero-order valence-electron chi connectivity index (χ0n) is 18.7. The minimum atomic E-state index is -3.66. The van der Waals surface area contributed by atoms with Gasteiger partial charge in [0.05, 0.1) is 0 Å². The van der Waals surface area contributed by atoms with Crippen molar-refractivity contribution in [3.05, 3.63) is 91.0 Å². The van der Waals surface area contributed by atoms with Gasteiger partial charge in [-0.2, -0.15) is 0 Å². The molecule has 0 aromatic heterocycles. The van der Waals surface area contributed by atoms with Crippen LogP contribution < -0.4 is 15.9 Å². The summed E-state index contributed by atoms with van der Waals surface area (Å²) in [6.07, 6.45) is 0. The predicted octanol–water partition coefficient (Wildman–Crippen LogP) is 5.90. The van der Waals surface area contributed by atoms with E-state index in [1.165, 1.54) is 0 Å². The molecule has 0 saturated heterocycles. The van der Waals surface area contributed by atoms with Crippen LogP contribution in [0.2, 0.25) is 0 Å². The third kappa shape index (κ3) is 5.11. The Morgan fingerprint density at radius 3 is 1.17 bits per heavy atom. The summed E-state index contributed by atoms with van der Waals surface area (Å²) in [7, 11) is -3.66. The first-order chi connectivity index (χ1) is 13.8. The summed E-state index contributed by atoms with van der Waals surface area (Å²) in [4.78, 5) is 0. The SMILES string of the molecule is CP(C)(C)(OP(=O)(OP(C)(C)(C)c1ccccc1)c1ccccc1)c1ccccc1. The van der Waals surface area contributed by atoms with E-state index in [0.29, 0.717) is 5.30 Å². The van der Waals surface area contributed by atoms with Crippen LogP contribution in [0, 0.1) is 0 Å². The van der Waals surface area contributed by atoms with E-state index in [2.05, 4.69) is 40.0 Å². The molecular formula is C24H33O3P3. The zero-order chi connectivity index (χ0) is 22.1. The summed E-state index contributed by atoms with van der Waals surface area (Å²) in [6.45, 7) is 6.51. The van der Waals surface area contributed by atoms with Crippen LogP contribution in [0.3, 0.4) is 0 Å². The fourth-order valence-electron chi connectivity index (χ4n) is 3.44. The van der Waals surface area contributed by atoms with Crippen molar-refractivity contribution < 1.29 is 13.2 Å². The van der Waals surface area contributed by atoms with E-state index in [1.807, 2.05) is 91.0 Å². The quantitative estimate of drug-likeness (QED) is 0.410. The van der Waals surface area contributed by atoms with Crippen molar-refractivity contribution in [1.29, 1.82) is 0 Å². The molecule has 0 amide bonds. The number of hydrogen-bond donors (Lipinski definition) is 0. The fourth-order valence-corrected chi connectivity index (χ4v) is 14.3. The Kier molecular flexibility index (Phi) is 5.96. The van der Waals surface area contributed by atoms with Crippen LogP contribution in [0.5, 0.6) is 0 Å². The van der Waals surface area contributed by atoms with Crippen LogP contribution in [-0.2, 0) is 13.2 Å². The van der Waals surface area contributed by atoms with Gasteiger partial charge in [-0.1, -0.05) is 0 Å². The standard InChI is InChI=1S/C24H33O3P3/c1-29(2,3,23-18-12-8-13-19-23)26-28(25,22-16-10-7-11-17-22)27-30(4,5,6)24-20-14-9-15-21-24/h7-21H,1-6H3. The first-order valence-electron chi connectivity index (χ1n) is 10.00. The van der Waals surface area contributed by atoms with E-state index in [1.54, 1.807) is 0 Å². The third-order valence-corrected chi connectivity index (χ3v) is 16.5. The molecule has 3 nitrogen and oxygen atoms in total. The predicted molar refractivity (Wildman–Crippen MR) is 137 cm³/mol. The summed E-state index contributed by atoms with van der Waals surface area (Å²) < 4.78 is 28.0. The molecule has 0 spiro atoms. The maximum absolute atomic E-state index is 14.6. The van der Waals surface area contributed by atoms with Crippen LogP contribution in [0.15, 0.2) is 91.0 Å². The van der Waals surface area contributed by atoms with Gasteiger partial charge in [0.15, 0.2) is 0 Å². The first-order valence-corrected chi connectivity index (χ1v) is 18.5. The van der Waals surface area contributed by atoms with E-state index in [-0.39, 0.29) is 0 Å². The van der Waals surface area contributed by atoms with Crippen molar-refractivity contribution in [1.82, 2.24) is 0 Å². The summed E-state index contributed by atoms with van der Waals surface area (Å²) in [6, 6.07) is 29.5. The average molecular weight is 462 g/mol. The molecule has 0 aliphatic carbocycles. The van der Waals surface area contributed by atoms with Crippen molar-refractivity contribution in [3.63, 3.8) is 0 Å². The first kappa shape index (κ1) is 23.3. The van der Waals surface area contributed by atoms with Crippen LogP contribution in [0.25, 0.3) is 0 Å². The van der Waals surface area contributed by atoms with Gasteiger partial charge in [-0.25, -0.2) is 0 Å². The van der Waals surface area contributed by atoms with Crippen molar-refractivity contribution in [3.8, 4) is 0 Å². The van der Waals surface area contributed by atoms with Gasteiger partial charge in [-0.05, 0) is 0 Å². The zero-order valence-corrected chi connectivity index (χ0v) is 21.4. The maximum atomic E-state index is 14.6. The minimum absolute atomic E-state index is 0.593. The molecule has 0 heterocycles. The van der Waals surface area contributed by atoms with E-state index < -0.39 is 21.3 Å².